The van der Waals surface area contributed by atoms with E-state index >= 15 is 0 Å². The summed E-state index contributed by atoms with van der Waals surface area (Å²) < 4.78 is 43.0. The summed E-state index contributed by atoms with van der Waals surface area (Å²) in [6, 6.07) is 11.6. The lowest BCUT2D eigenvalue weighted by Crippen LogP contribution is -2.23. The molecule has 0 amide bonds. The third kappa shape index (κ3) is 3.79. The van der Waals surface area contributed by atoms with Crippen LogP contribution in [0.15, 0.2) is 65.7 Å². The average Bonchev–Trinajstić information content (AvgIpc) is 2.94. The first-order valence-electron chi connectivity index (χ1n) is 8.72. The van der Waals surface area contributed by atoms with E-state index in [0.717, 1.165) is 27.6 Å². The Labute approximate surface area is 167 Å². The summed E-state index contributed by atoms with van der Waals surface area (Å²) in [5.74, 6) is -0.784. The second kappa shape index (κ2) is 7.14. The number of hydrogen-bond acceptors (Lipinski definition) is 5. The van der Waals surface area contributed by atoms with Crippen molar-refractivity contribution in [1.82, 2.24) is 14.1 Å². The van der Waals surface area contributed by atoms with E-state index in [4.69, 9.17) is 5.73 Å². The van der Waals surface area contributed by atoms with Crippen molar-refractivity contribution in [3.63, 3.8) is 0 Å². The lowest BCUT2D eigenvalue weighted by Gasteiger charge is -2.09. The van der Waals surface area contributed by atoms with E-state index in [-0.39, 0.29) is 18.1 Å². The quantitative estimate of drug-likeness (QED) is 0.497. The zero-order valence-electron chi connectivity index (χ0n) is 15.3. The zero-order chi connectivity index (χ0) is 21.5. The molecule has 0 spiro atoms. The predicted molar refractivity (Wildman–Crippen MR) is 104 cm³/mol. The number of ether oxygens (including phenoxy) is 1. The number of hydrogen-bond donors (Lipinski definition) is 2. The fourth-order valence-corrected chi connectivity index (χ4v) is 3.18. The van der Waals surface area contributed by atoms with Crippen LogP contribution in [0.1, 0.15) is 5.56 Å². The summed E-state index contributed by atoms with van der Waals surface area (Å²) in [7, 11) is 0. The number of pyridine rings is 1. The maximum Gasteiger partial charge on any atom is 0.573 e. The van der Waals surface area contributed by atoms with Gasteiger partial charge in [0.1, 0.15) is 5.75 Å². The van der Waals surface area contributed by atoms with E-state index in [9.17, 15) is 23.1 Å². The van der Waals surface area contributed by atoms with E-state index in [1.54, 1.807) is 30.5 Å². The van der Waals surface area contributed by atoms with Crippen LogP contribution in [0.5, 0.6) is 11.6 Å². The number of aromatic hydroxyl groups is 1. The van der Waals surface area contributed by atoms with Gasteiger partial charge in [0.15, 0.2) is 0 Å². The molecule has 2 aromatic carbocycles. The Hall–Kier alpha value is -3.95. The number of aromatic nitrogens is 3. The van der Waals surface area contributed by atoms with E-state index in [0.29, 0.717) is 11.2 Å². The highest BCUT2D eigenvalue weighted by Crippen LogP contribution is 2.25. The molecule has 7 nitrogen and oxygen atoms in total. The number of fused-ring (bicyclic) bond motifs is 1. The lowest BCUT2D eigenvalue weighted by atomic mass is 10.1. The molecule has 0 radical (unpaired) electrons. The van der Waals surface area contributed by atoms with Gasteiger partial charge in [0, 0.05) is 17.3 Å². The number of benzene rings is 2. The number of nitrogens with zero attached hydrogens (tertiary/aromatic N) is 3. The molecule has 0 fully saturated rings. The van der Waals surface area contributed by atoms with Gasteiger partial charge in [-0.05, 0) is 48.0 Å². The Balaban J connectivity index is 1.67. The van der Waals surface area contributed by atoms with E-state index in [1.165, 1.54) is 22.9 Å². The lowest BCUT2D eigenvalue weighted by molar-refractivity contribution is -0.274. The van der Waals surface area contributed by atoms with Crippen LogP contribution in [0, 0.1) is 0 Å². The molecule has 154 valence electrons. The summed E-state index contributed by atoms with van der Waals surface area (Å²) in [6.45, 7) is 0.150. The second-order valence-corrected chi connectivity index (χ2v) is 6.52. The zero-order valence-corrected chi connectivity index (χ0v) is 15.3. The molecule has 0 aliphatic carbocycles. The van der Waals surface area contributed by atoms with Gasteiger partial charge >= 0.3 is 12.1 Å². The van der Waals surface area contributed by atoms with Crippen molar-refractivity contribution in [3.8, 4) is 17.3 Å². The molecule has 2 heterocycles. The minimum absolute atomic E-state index is 0.150. The van der Waals surface area contributed by atoms with Crippen molar-refractivity contribution >= 4 is 16.6 Å². The maximum atomic E-state index is 12.8. The molecule has 0 aliphatic heterocycles. The molecule has 4 rings (SSSR count). The first kappa shape index (κ1) is 19.4. The van der Waals surface area contributed by atoms with Gasteiger partial charge in [-0.25, -0.2) is 9.36 Å². The fourth-order valence-electron chi connectivity index (χ4n) is 3.18. The van der Waals surface area contributed by atoms with Crippen molar-refractivity contribution < 1.29 is 23.0 Å². The highest BCUT2D eigenvalue weighted by molar-refractivity contribution is 5.84. The maximum absolute atomic E-state index is 12.8. The Bertz CT molecular complexity index is 1280. The van der Waals surface area contributed by atoms with Crippen LogP contribution in [0.3, 0.4) is 0 Å². The topological polar surface area (TPSA) is 95.3 Å². The van der Waals surface area contributed by atoms with Crippen molar-refractivity contribution in [3.05, 3.63) is 77.0 Å². The number of rotatable bonds is 4. The standard InChI is InChI=1S/C20H15F3N4O3/c21-20(22,23)30-15-4-2-14(3-5-15)27-18(28)11-26(19(27)29)10-12-7-8-25-17-9-13(24)1-6-16(12)17/h1-9,11,28H,10,24H2. The number of anilines is 1. The van der Waals surface area contributed by atoms with Crippen molar-refractivity contribution in [2.45, 2.75) is 12.9 Å². The van der Waals surface area contributed by atoms with Crippen LogP contribution >= 0.6 is 0 Å². The third-order valence-corrected chi connectivity index (χ3v) is 4.46. The van der Waals surface area contributed by atoms with Gasteiger partial charge in [0.2, 0.25) is 5.88 Å². The predicted octanol–water partition coefficient (Wildman–Crippen LogP) is 3.42. The number of nitrogen functional groups attached to an aromatic ring is 1. The molecule has 0 aliphatic rings. The Morgan fingerprint density at radius 2 is 1.83 bits per heavy atom. The van der Waals surface area contributed by atoms with Crippen LogP contribution in [0.4, 0.5) is 18.9 Å². The first-order valence-corrected chi connectivity index (χ1v) is 8.72. The number of halogens is 3. The second-order valence-electron chi connectivity index (χ2n) is 6.52. The largest absolute Gasteiger partial charge is 0.573 e. The van der Waals surface area contributed by atoms with Crippen molar-refractivity contribution in [2.24, 2.45) is 0 Å². The minimum atomic E-state index is -4.82. The van der Waals surface area contributed by atoms with Crippen molar-refractivity contribution in [1.29, 1.82) is 0 Å². The highest BCUT2D eigenvalue weighted by Gasteiger charge is 2.31. The fraction of sp³-hybridized carbons (Fsp3) is 0.100. The van der Waals surface area contributed by atoms with E-state index < -0.39 is 17.8 Å². The monoisotopic (exact) mass is 416 g/mol. The molecule has 0 saturated heterocycles. The van der Waals surface area contributed by atoms with Gasteiger partial charge < -0.3 is 15.6 Å². The summed E-state index contributed by atoms with van der Waals surface area (Å²) in [6.07, 6.45) is -1.97. The molecular formula is C20H15F3N4O3. The van der Waals surface area contributed by atoms with Gasteiger partial charge in [0.05, 0.1) is 23.9 Å². The van der Waals surface area contributed by atoms with Gasteiger partial charge in [-0.15, -0.1) is 13.2 Å². The first-order chi connectivity index (χ1) is 14.2. The summed E-state index contributed by atoms with van der Waals surface area (Å²) in [5, 5.41) is 11.1. The SMILES string of the molecule is Nc1ccc2c(Cn3cc(O)n(-c4ccc(OC(F)(F)F)cc4)c3=O)ccnc2c1. The number of alkyl halides is 3. The molecule has 0 saturated carbocycles. The summed E-state index contributed by atoms with van der Waals surface area (Å²) >= 11 is 0. The van der Waals surface area contributed by atoms with Crippen molar-refractivity contribution in [2.75, 3.05) is 5.73 Å². The van der Waals surface area contributed by atoms with Gasteiger partial charge in [-0.3, -0.25) is 9.55 Å². The van der Waals surface area contributed by atoms with Gasteiger partial charge in [0.25, 0.3) is 0 Å². The van der Waals surface area contributed by atoms with E-state index in [1.807, 2.05) is 0 Å². The molecule has 0 atom stereocenters. The smallest absolute Gasteiger partial charge is 0.493 e. The van der Waals surface area contributed by atoms with Crippen LogP contribution in [-0.4, -0.2) is 25.6 Å². The Morgan fingerprint density at radius 1 is 1.10 bits per heavy atom. The summed E-state index contributed by atoms with van der Waals surface area (Å²) in [4.78, 5) is 17.1. The van der Waals surface area contributed by atoms with Crippen LogP contribution in [0.2, 0.25) is 0 Å². The average molecular weight is 416 g/mol. The normalized spacial score (nSPS) is 11.7. The minimum Gasteiger partial charge on any atom is -0.493 e. The van der Waals surface area contributed by atoms with Gasteiger partial charge in [-0.1, -0.05) is 6.07 Å². The molecule has 0 unspecified atom stereocenters. The Kier molecular flexibility index (Phi) is 4.61. The number of imidazole rings is 1. The highest BCUT2D eigenvalue weighted by atomic mass is 19.4. The van der Waals surface area contributed by atoms with Gasteiger partial charge in [-0.2, -0.15) is 0 Å². The molecule has 4 aromatic rings. The van der Waals surface area contributed by atoms with Crippen LogP contribution in [0.25, 0.3) is 16.6 Å². The molecule has 0 bridgehead atoms. The molecule has 3 N–H and O–H groups in total. The van der Waals surface area contributed by atoms with E-state index in [2.05, 4.69) is 9.72 Å². The Morgan fingerprint density at radius 3 is 2.53 bits per heavy atom. The van der Waals surface area contributed by atoms with Crippen LogP contribution < -0.4 is 16.2 Å². The molecule has 30 heavy (non-hydrogen) atoms. The summed E-state index contributed by atoms with van der Waals surface area (Å²) in [5.41, 5.74) is 7.43. The molecule has 2 aromatic heterocycles. The number of nitrogens with two attached hydrogens (primary N) is 1. The van der Waals surface area contributed by atoms with Crippen LogP contribution in [-0.2, 0) is 6.54 Å². The third-order valence-electron chi connectivity index (χ3n) is 4.46. The molecular weight excluding hydrogens is 401 g/mol. The molecule has 10 heteroatoms.